The second kappa shape index (κ2) is 12.2. The Morgan fingerprint density at radius 1 is 1.23 bits per heavy atom. The third kappa shape index (κ3) is 5.25. The number of hydrogen-bond acceptors (Lipinski definition) is 10. The van der Waals surface area contributed by atoms with E-state index in [2.05, 4.69) is 20.8 Å². The van der Waals surface area contributed by atoms with Crippen molar-refractivity contribution in [1.29, 1.82) is 0 Å². The summed E-state index contributed by atoms with van der Waals surface area (Å²) in [6, 6.07) is 5.09. The lowest BCUT2D eigenvalue weighted by molar-refractivity contribution is -0.120. The van der Waals surface area contributed by atoms with Gasteiger partial charge in [-0.05, 0) is 56.3 Å². The lowest BCUT2D eigenvalue weighted by Gasteiger charge is -2.31. The van der Waals surface area contributed by atoms with Gasteiger partial charge in [-0.2, -0.15) is 9.97 Å². The standard InChI is InChI=1S/C34H32F3N5O5/c1-3-23-25(36)7-6-20-12-22(47-18-44)13-24(26(20)23)29-28(37)30-27-31(42(10-5-11-43)19(2)16-45-32(27)38-29)40-33(39-30)46-17-34-8-4-9-41(34)15-21(35)14-34/h1,6-7,12-13,18-19,21,43H,4-5,8-11,14-17H2,2H3/t19-,21+,34-/m0/s1. The maximum Gasteiger partial charge on any atom is 0.319 e. The highest BCUT2D eigenvalue weighted by molar-refractivity contribution is 6.04. The zero-order valence-electron chi connectivity index (χ0n) is 25.6. The minimum atomic E-state index is -0.965. The minimum Gasteiger partial charge on any atom is -0.475 e. The molecule has 0 bridgehead atoms. The van der Waals surface area contributed by atoms with Gasteiger partial charge in [0.2, 0.25) is 5.88 Å². The number of anilines is 1. The third-order valence-corrected chi connectivity index (χ3v) is 9.39. The van der Waals surface area contributed by atoms with Gasteiger partial charge in [0.1, 0.15) is 53.4 Å². The highest BCUT2D eigenvalue weighted by atomic mass is 19.1. The van der Waals surface area contributed by atoms with Crippen LogP contribution in [0.15, 0.2) is 24.3 Å². The van der Waals surface area contributed by atoms with Crippen LogP contribution in [0, 0.1) is 24.0 Å². The van der Waals surface area contributed by atoms with E-state index in [-0.39, 0.29) is 83.1 Å². The van der Waals surface area contributed by atoms with Crippen molar-refractivity contribution in [2.75, 3.05) is 44.4 Å². The number of aromatic nitrogens is 3. The maximum atomic E-state index is 17.0. The Kier molecular flexibility index (Phi) is 8.01. The van der Waals surface area contributed by atoms with Gasteiger partial charge in [-0.25, -0.2) is 18.2 Å². The summed E-state index contributed by atoms with van der Waals surface area (Å²) in [5.74, 6) is 1.16. The molecule has 244 valence electrons. The van der Waals surface area contributed by atoms with Crippen molar-refractivity contribution in [2.24, 2.45) is 0 Å². The molecule has 2 fully saturated rings. The van der Waals surface area contributed by atoms with Crippen LogP contribution in [-0.2, 0) is 4.79 Å². The summed E-state index contributed by atoms with van der Waals surface area (Å²) >= 11 is 0. The molecule has 0 spiro atoms. The van der Waals surface area contributed by atoms with Gasteiger partial charge in [-0.3, -0.25) is 9.69 Å². The summed E-state index contributed by atoms with van der Waals surface area (Å²) in [6.07, 6.45) is 7.15. The molecule has 2 aromatic heterocycles. The van der Waals surface area contributed by atoms with Crippen LogP contribution in [-0.4, -0.2) is 88.6 Å². The lowest BCUT2D eigenvalue weighted by Crippen LogP contribution is -2.43. The number of pyridine rings is 1. The molecule has 10 nitrogen and oxygen atoms in total. The van der Waals surface area contributed by atoms with Crippen LogP contribution in [0.3, 0.4) is 0 Å². The van der Waals surface area contributed by atoms with Crippen molar-refractivity contribution in [1.82, 2.24) is 19.9 Å². The number of fused-ring (bicyclic) bond motifs is 2. The van der Waals surface area contributed by atoms with Crippen LogP contribution >= 0.6 is 0 Å². The SMILES string of the molecule is C#Cc1c(F)ccc2cc(OC=O)cc(-c3nc4c5c(nc(OC[C@@]67CCCN6C[C@H](F)C7)nc5c3F)N(CCCO)[C@@H](C)CO4)c12. The van der Waals surface area contributed by atoms with Gasteiger partial charge in [0.05, 0.1) is 17.1 Å². The van der Waals surface area contributed by atoms with Gasteiger partial charge >= 0.3 is 6.01 Å². The predicted molar refractivity (Wildman–Crippen MR) is 167 cm³/mol. The molecular formula is C34H32F3N5O5. The Bertz CT molecular complexity index is 1940. The number of hydrogen-bond donors (Lipinski definition) is 1. The molecule has 3 aliphatic rings. The van der Waals surface area contributed by atoms with E-state index >= 15 is 4.39 Å². The third-order valence-electron chi connectivity index (χ3n) is 9.39. The predicted octanol–water partition coefficient (Wildman–Crippen LogP) is 4.56. The number of halogens is 3. The second-order valence-corrected chi connectivity index (χ2v) is 12.3. The number of rotatable bonds is 9. The maximum absolute atomic E-state index is 17.0. The first-order chi connectivity index (χ1) is 22.8. The smallest absolute Gasteiger partial charge is 0.319 e. The molecule has 3 atom stereocenters. The quantitative estimate of drug-likeness (QED) is 0.205. The number of benzene rings is 2. The highest BCUT2D eigenvalue weighted by Crippen LogP contribution is 2.44. The van der Waals surface area contributed by atoms with Crippen molar-refractivity contribution < 1.29 is 37.3 Å². The van der Waals surface area contributed by atoms with Gasteiger partial charge in [0.15, 0.2) is 5.82 Å². The van der Waals surface area contributed by atoms with Crippen LogP contribution in [0.2, 0.25) is 0 Å². The Morgan fingerprint density at radius 2 is 2.09 bits per heavy atom. The molecule has 0 unspecified atom stereocenters. The van der Waals surface area contributed by atoms with Crippen molar-refractivity contribution in [3.8, 4) is 41.2 Å². The number of ether oxygens (including phenoxy) is 3. The van der Waals surface area contributed by atoms with E-state index in [9.17, 15) is 18.7 Å². The molecule has 0 radical (unpaired) electrons. The highest BCUT2D eigenvalue weighted by Gasteiger charge is 2.49. The van der Waals surface area contributed by atoms with E-state index in [1.165, 1.54) is 24.3 Å². The second-order valence-electron chi connectivity index (χ2n) is 12.3. The van der Waals surface area contributed by atoms with Gasteiger partial charge in [0, 0.05) is 37.1 Å². The fourth-order valence-electron chi connectivity index (χ4n) is 7.24. The molecule has 0 saturated carbocycles. The number of carbonyl (C=O) groups excluding carboxylic acids is 1. The average Bonchev–Trinajstić information content (AvgIpc) is 3.55. The zero-order chi connectivity index (χ0) is 32.9. The lowest BCUT2D eigenvalue weighted by atomic mass is 9.95. The van der Waals surface area contributed by atoms with Crippen LogP contribution in [0.4, 0.5) is 19.0 Å². The Balaban J connectivity index is 1.45. The molecule has 47 heavy (non-hydrogen) atoms. The minimum absolute atomic E-state index is 0.0291. The van der Waals surface area contributed by atoms with Gasteiger partial charge in [-0.15, -0.1) is 6.42 Å². The normalized spacial score (nSPS) is 22.2. The van der Waals surface area contributed by atoms with E-state index in [4.69, 9.17) is 25.6 Å². The number of carbonyl (C=O) groups is 1. The van der Waals surface area contributed by atoms with E-state index in [0.29, 0.717) is 37.1 Å². The molecule has 7 rings (SSSR count). The number of terminal acetylenes is 1. The monoisotopic (exact) mass is 647 g/mol. The number of alkyl halides is 1. The van der Waals surface area contributed by atoms with Crippen molar-refractivity contribution in [3.05, 3.63) is 41.5 Å². The van der Waals surface area contributed by atoms with Crippen molar-refractivity contribution in [3.63, 3.8) is 0 Å². The van der Waals surface area contributed by atoms with E-state index in [1.807, 2.05) is 11.8 Å². The largest absolute Gasteiger partial charge is 0.475 e. The van der Waals surface area contributed by atoms with Crippen LogP contribution < -0.4 is 19.1 Å². The van der Waals surface area contributed by atoms with Gasteiger partial charge in [0.25, 0.3) is 6.47 Å². The molecule has 1 N–H and O–H groups in total. The molecule has 2 saturated heterocycles. The van der Waals surface area contributed by atoms with Gasteiger partial charge in [-0.1, -0.05) is 12.0 Å². The Hall–Kier alpha value is -4.67. The Labute approximate surface area is 268 Å². The number of aliphatic hydroxyl groups excluding tert-OH is 1. The number of nitrogens with zero attached hydrogens (tertiary/aromatic N) is 5. The molecule has 13 heteroatoms. The summed E-state index contributed by atoms with van der Waals surface area (Å²) in [6.45, 7) is 3.79. The molecule has 2 aromatic carbocycles. The summed E-state index contributed by atoms with van der Waals surface area (Å²) in [7, 11) is 0. The van der Waals surface area contributed by atoms with Crippen molar-refractivity contribution in [2.45, 2.75) is 50.4 Å². The van der Waals surface area contributed by atoms with Crippen LogP contribution in [0.25, 0.3) is 32.9 Å². The molecule has 3 aliphatic heterocycles. The summed E-state index contributed by atoms with van der Waals surface area (Å²) < 4.78 is 63.9. The fraction of sp³-hybridized carbons (Fsp3) is 0.412. The number of aliphatic hydroxyl groups is 1. The first-order valence-corrected chi connectivity index (χ1v) is 15.5. The zero-order valence-corrected chi connectivity index (χ0v) is 25.6. The average molecular weight is 648 g/mol. The fourth-order valence-corrected chi connectivity index (χ4v) is 7.24. The van der Waals surface area contributed by atoms with Crippen LogP contribution in [0.1, 0.15) is 38.2 Å². The summed E-state index contributed by atoms with van der Waals surface area (Å²) in [5.41, 5.74) is -0.998. The molecule has 0 amide bonds. The van der Waals surface area contributed by atoms with E-state index in [1.54, 1.807) is 0 Å². The van der Waals surface area contributed by atoms with Gasteiger partial charge < -0.3 is 24.2 Å². The molecule has 5 heterocycles. The van der Waals surface area contributed by atoms with E-state index < -0.39 is 23.3 Å². The summed E-state index contributed by atoms with van der Waals surface area (Å²) in [5, 5.41) is 10.4. The topological polar surface area (TPSA) is 110 Å². The first kappa shape index (κ1) is 31.0. The molecule has 4 aromatic rings. The van der Waals surface area contributed by atoms with Crippen molar-refractivity contribution >= 4 is 34.0 Å². The summed E-state index contributed by atoms with van der Waals surface area (Å²) in [4.78, 5) is 29.1. The molecule has 0 aliphatic carbocycles. The molecular weight excluding hydrogens is 615 g/mol. The van der Waals surface area contributed by atoms with E-state index in [0.717, 1.165) is 19.4 Å². The van der Waals surface area contributed by atoms with Crippen LogP contribution in [0.5, 0.6) is 17.6 Å². The first-order valence-electron chi connectivity index (χ1n) is 15.5. The Morgan fingerprint density at radius 3 is 2.87 bits per heavy atom.